The molecular weight excluding hydrogens is 400 g/mol. The summed E-state index contributed by atoms with van der Waals surface area (Å²) in [7, 11) is -2.47. The van der Waals surface area contributed by atoms with Crippen LogP contribution in [0, 0.1) is 6.92 Å². The Labute approximate surface area is 177 Å². The van der Waals surface area contributed by atoms with Gasteiger partial charge in [-0.3, -0.25) is 4.79 Å². The van der Waals surface area contributed by atoms with Crippen molar-refractivity contribution in [3.05, 3.63) is 89.5 Å². The van der Waals surface area contributed by atoms with Crippen LogP contribution in [-0.4, -0.2) is 28.0 Å². The highest BCUT2D eigenvalue weighted by molar-refractivity contribution is 7.89. The topological polar surface area (TPSA) is 84.5 Å². The van der Waals surface area contributed by atoms with Gasteiger partial charge < -0.3 is 10.1 Å². The maximum Gasteiger partial charge on any atom is 0.255 e. The predicted octanol–water partition coefficient (Wildman–Crippen LogP) is 3.78. The van der Waals surface area contributed by atoms with Crippen LogP contribution in [0.5, 0.6) is 5.75 Å². The van der Waals surface area contributed by atoms with Crippen molar-refractivity contribution < 1.29 is 17.9 Å². The number of nitrogens with one attached hydrogen (secondary N) is 2. The van der Waals surface area contributed by atoms with Gasteiger partial charge in [0.25, 0.3) is 5.91 Å². The highest BCUT2D eigenvalue weighted by atomic mass is 32.2. The van der Waals surface area contributed by atoms with Gasteiger partial charge in [-0.1, -0.05) is 48.0 Å². The molecule has 2 N–H and O–H groups in total. The van der Waals surface area contributed by atoms with E-state index in [4.69, 9.17) is 4.74 Å². The van der Waals surface area contributed by atoms with E-state index in [9.17, 15) is 13.2 Å². The minimum Gasteiger partial charge on any atom is -0.495 e. The van der Waals surface area contributed by atoms with Crippen molar-refractivity contribution in [2.24, 2.45) is 0 Å². The van der Waals surface area contributed by atoms with E-state index in [0.29, 0.717) is 12.1 Å². The van der Waals surface area contributed by atoms with Gasteiger partial charge in [0.2, 0.25) is 10.0 Å². The second-order valence-corrected chi connectivity index (χ2v) is 8.55. The first-order chi connectivity index (χ1) is 14.4. The molecule has 0 aliphatic rings. The molecule has 0 bridgehead atoms. The molecule has 0 spiro atoms. The number of aryl methyl sites for hydroxylation is 1. The number of carbonyl (C=O) groups is 1. The number of carbonyl (C=O) groups excluding carboxylic acids is 1. The third-order valence-electron chi connectivity index (χ3n) is 4.57. The fourth-order valence-corrected chi connectivity index (χ4v) is 4.14. The number of ether oxygens (including phenoxy) is 1. The highest BCUT2D eigenvalue weighted by Crippen LogP contribution is 2.25. The molecule has 0 aliphatic carbocycles. The molecule has 30 heavy (non-hydrogen) atoms. The van der Waals surface area contributed by atoms with Crippen molar-refractivity contribution in [3.63, 3.8) is 0 Å². The molecule has 0 heterocycles. The third kappa shape index (κ3) is 5.46. The first kappa shape index (κ1) is 21.5. The summed E-state index contributed by atoms with van der Waals surface area (Å²) in [6.07, 6.45) is 0.552. The van der Waals surface area contributed by atoms with E-state index in [1.165, 1.54) is 25.3 Å². The molecule has 0 radical (unpaired) electrons. The first-order valence-electron chi connectivity index (χ1n) is 9.49. The lowest BCUT2D eigenvalue weighted by Crippen LogP contribution is -2.27. The SMILES string of the molecule is COc1ccc(C(=O)Nc2ccc(C)cc2)cc1S(=O)(=O)NCCc1ccccc1. The number of anilines is 1. The van der Waals surface area contributed by atoms with Crippen molar-refractivity contribution in [1.29, 1.82) is 0 Å². The Morgan fingerprint density at radius 3 is 2.33 bits per heavy atom. The summed E-state index contributed by atoms with van der Waals surface area (Å²) < 4.78 is 33.5. The summed E-state index contributed by atoms with van der Waals surface area (Å²) in [5.41, 5.74) is 2.96. The van der Waals surface area contributed by atoms with E-state index in [0.717, 1.165) is 11.1 Å². The van der Waals surface area contributed by atoms with Gasteiger partial charge >= 0.3 is 0 Å². The van der Waals surface area contributed by atoms with Gasteiger partial charge in [0.05, 0.1) is 7.11 Å². The second kappa shape index (κ2) is 9.56. The summed E-state index contributed by atoms with van der Waals surface area (Å²) in [5.74, 6) is -0.226. The van der Waals surface area contributed by atoms with Crippen molar-refractivity contribution in [1.82, 2.24) is 4.72 Å². The molecule has 3 aromatic rings. The Hall–Kier alpha value is -3.16. The zero-order valence-corrected chi connectivity index (χ0v) is 17.7. The van der Waals surface area contributed by atoms with E-state index >= 15 is 0 Å². The molecular formula is C23H24N2O4S. The van der Waals surface area contributed by atoms with Crippen LogP contribution in [0.15, 0.2) is 77.7 Å². The summed E-state index contributed by atoms with van der Waals surface area (Å²) in [5, 5.41) is 2.77. The summed E-state index contributed by atoms with van der Waals surface area (Å²) in [4.78, 5) is 12.5. The quantitative estimate of drug-likeness (QED) is 0.576. The van der Waals surface area contributed by atoms with Crippen LogP contribution < -0.4 is 14.8 Å². The van der Waals surface area contributed by atoms with E-state index in [1.807, 2.05) is 49.4 Å². The Kier molecular flexibility index (Phi) is 6.87. The highest BCUT2D eigenvalue weighted by Gasteiger charge is 2.21. The molecule has 6 nitrogen and oxygen atoms in total. The van der Waals surface area contributed by atoms with Gasteiger partial charge in [0.1, 0.15) is 10.6 Å². The Morgan fingerprint density at radius 1 is 0.967 bits per heavy atom. The molecule has 0 saturated heterocycles. The molecule has 0 atom stereocenters. The smallest absolute Gasteiger partial charge is 0.255 e. The normalized spacial score (nSPS) is 11.1. The van der Waals surface area contributed by atoms with Gasteiger partial charge in [-0.05, 0) is 49.2 Å². The average molecular weight is 425 g/mol. The van der Waals surface area contributed by atoms with Crippen LogP contribution in [0.1, 0.15) is 21.5 Å². The lowest BCUT2D eigenvalue weighted by Gasteiger charge is -2.13. The number of sulfonamides is 1. The number of hydrogen-bond donors (Lipinski definition) is 2. The molecule has 0 aliphatic heterocycles. The van der Waals surface area contributed by atoms with Crippen molar-refractivity contribution in [2.75, 3.05) is 19.0 Å². The van der Waals surface area contributed by atoms with Crippen LogP contribution >= 0.6 is 0 Å². The lowest BCUT2D eigenvalue weighted by atomic mass is 10.2. The zero-order chi connectivity index (χ0) is 21.6. The molecule has 3 aromatic carbocycles. The van der Waals surface area contributed by atoms with E-state index in [2.05, 4.69) is 10.0 Å². The van der Waals surface area contributed by atoms with Gasteiger partial charge in [-0.15, -0.1) is 0 Å². The number of hydrogen-bond acceptors (Lipinski definition) is 4. The van der Waals surface area contributed by atoms with Crippen molar-refractivity contribution >= 4 is 21.6 Å². The fourth-order valence-electron chi connectivity index (χ4n) is 2.92. The Morgan fingerprint density at radius 2 is 1.67 bits per heavy atom. The van der Waals surface area contributed by atoms with Gasteiger partial charge in [0.15, 0.2) is 0 Å². The van der Waals surface area contributed by atoms with Gasteiger partial charge in [-0.2, -0.15) is 0 Å². The Balaban J connectivity index is 1.77. The number of methoxy groups -OCH3 is 1. The van der Waals surface area contributed by atoms with Crippen LogP contribution in [0.4, 0.5) is 5.69 Å². The Bertz CT molecular complexity index is 1110. The van der Waals surface area contributed by atoms with Crippen molar-refractivity contribution in [3.8, 4) is 5.75 Å². The van der Waals surface area contributed by atoms with Crippen LogP contribution in [0.25, 0.3) is 0 Å². The molecule has 0 unspecified atom stereocenters. The van der Waals surface area contributed by atoms with Crippen LogP contribution in [-0.2, 0) is 16.4 Å². The fraction of sp³-hybridized carbons (Fsp3) is 0.174. The molecule has 0 aromatic heterocycles. The van der Waals surface area contributed by atoms with E-state index in [-0.39, 0.29) is 22.8 Å². The maximum absolute atomic E-state index is 12.8. The van der Waals surface area contributed by atoms with Gasteiger partial charge in [-0.25, -0.2) is 13.1 Å². The molecule has 156 valence electrons. The van der Waals surface area contributed by atoms with Gasteiger partial charge in [0, 0.05) is 17.8 Å². The predicted molar refractivity (Wildman–Crippen MR) is 117 cm³/mol. The second-order valence-electron chi connectivity index (χ2n) is 6.82. The first-order valence-corrected chi connectivity index (χ1v) is 11.0. The molecule has 1 amide bonds. The van der Waals surface area contributed by atoms with E-state index in [1.54, 1.807) is 12.1 Å². The molecule has 3 rings (SSSR count). The third-order valence-corrected chi connectivity index (χ3v) is 6.06. The summed E-state index contributed by atoms with van der Waals surface area (Å²) in [6, 6.07) is 21.3. The lowest BCUT2D eigenvalue weighted by molar-refractivity contribution is 0.102. The monoisotopic (exact) mass is 424 g/mol. The number of rotatable bonds is 8. The van der Waals surface area contributed by atoms with Crippen LogP contribution in [0.2, 0.25) is 0 Å². The van der Waals surface area contributed by atoms with Crippen LogP contribution in [0.3, 0.4) is 0 Å². The minimum absolute atomic E-state index is 0.0744. The number of benzene rings is 3. The maximum atomic E-state index is 12.8. The summed E-state index contributed by atoms with van der Waals surface area (Å²) >= 11 is 0. The molecule has 7 heteroatoms. The zero-order valence-electron chi connectivity index (χ0n) is 16.9. The summed E-state index contributed by atoms with van der Waals surface area (Å²) in [6.45, 7) is 2.19. The van der Waals surface area contributed by atoms with Crippen molar-refractivity contribution in [2.45, 2.75) is 18.2 Å². The van der Waals surface area contributed by atoms with E-state index < -0.39 is 15.9 Å². The largest absolute Gasteiger partial charge is 0.495 e. The number of amides is 1. The minimum atomic E-state index is -3.86. The molecule has 0 saturated carbocycles. The average Bonchev–Trinajstić information content (AvgIpc) is 2.75. The molecule has 0 fully saturated rings. The standard InChI is InChI=1S/C23H24N2O4S/c1-17-8-11-20(12-9-17)25-23(26)19-10-13-21(29-2)22(16-19)30(27,28)24-15-14-18-6-4-3-5-7-18/h3-13,16,24H,14-15H2,1-2H3,(H,25,26).